The Balaban J connectivity index is 0.00000208. The third-order valence-electron chi connectivity index (χ3n) is 3.93. The van der Waals surface area contributed by atoms with Gasteiger partial charge in [0, 0.05) is 12.6 Å². The monoisotopic (exact) mass is 373 g/mol. The lowest BCUT2D eigenvalue weighted by Gasteiger charge is -2.10. The van der Waals surface area contributed by atoms with Crippen molar-refractivity contribution >= 4 is 29.9 Å². The number of rotatable bonds is 4. The fourth-order valence-corrected chi connectivity index (χ4v) is 2.81. The van der Waals surface area contributed by atoms with Crippen LogP contribution in [0.3, 0.4) is 0 Å². The minimum absolute atomic E-state index is 0. The number of nitrogens with zero attached hydrogens (tertiary/aromatic N) is 3. The fourth-order valence-electron chi connectivity index (χ4n) is 2.63. The first-order valence-electron chi connectivity index (χ1n) is 7.45. The Morgan fingerprint density at radius 2 is 2.33 bits per heavy atom. The highest BCUT2D eigenvalue weighted by Crippen LogP contribution is 2.20. The lowest BCUT2D eigenvalue weighted by Crippen LogP contribution is -2.37. The largest absolute Gasteiger partial charge is 0.349 e. The molecule has 0 spiro atoms. The molecule has 2 N–H and O–H groups in total. The lowest BCUT2D eigenvalue weighted by molar-refractivity contribution is 0.0944. The van der Waals surface area contributed by atoms with Gasteiger partial charge in [0.05, 0.1) is 16.4 Å². The summed E-state index contributed by atoms with van der Waals surface area (Å²) >= 11 is 5.79. The molecule has 1 aromatic heterocycles. The molecule has 0 aliphatic carbocycles. The van der Waals surface area contributed by atoms with Crippen molar-refractivity contribution in [1.82, 2.24) is 25.6 Å². The molecule has 1 unspecified atom stereocenters. The van der Waals surface area contributed by atoms with E-state index in [2.05, 4.69) is 20.9 Å². The molecule has 2 aromatic rings. The Kier molecular flexibility index (Phi) is 6.15. The molecule has 0 saturated carbocycles. The number of aromatic nitrogens is 3. The summed E-state index contributed by atoms with van der Waals surface area (Å²) in [7, 11) is 0. The number of carbonyl (C=O) groups is 1. The molecule has 9 heteroatoms. The Bertz CT molecular complexity index is 731. The van der Waals surface area contributed by atoms with Crippen LogP contribution in [0, 0.1) is 12.7 Å². The van der Waals surface area contributed by atoms with E-state index >= 15 is 0 Å². The van der Waals surface area contributed by atoms with Gasteiger partial charge in [-0.25, -0.2) is 9.07 Å². The number of benzene rings is 1. The highest BCUT2D eigenvalue weighted by atomic mass is 35.5. The molecule has 2 heterocycles. The van der Waals surface area contributed by atoms with Crippen molar-refractivity contribution in [3.63, 3.8) is 0 Å². The van der Waals surface area contributed by atoms with Gasteiger partial charge in [0.15, 0.2) is 5.69 Å². The lowest BCUT2D eigenvalue weighted by atomic mass is 10.2. The quantitative estimate of drug-likeness (QED) is 0.862. The van der Waals surface area contributed by atoms with Crippen LogP contribution in [-0.4, -0.2) is 40.0 Å². The summed E-state index contributed by atoms with van der Waals surface area (Å²) in [5, 5.41) is 14.1. The first-order chi connectivity index (χ1) is 11.1. The van der Waals surface area contributed by atoms with Gasteiger partial charge >= 0.3 is 0 Å². The number of hydrogen-bond donors (Lipinski definition) is 2. The number of carbonyl (C=O) groups excluding carboxylic acids is 1. The first kappa shape index (κ1) is 18.6. The van der Waals surface area contributed by atoms with Gasteiger partial charge in [-0.3, -0.25) is 4.79 Å². The molecule has 130 valence electrons. The number of halogens is 3. The van der Waals surface area contributed by atoms with E-state index in [4.69, 9.17) is 11.6 Å². The van der Waals surface area contributed by atoms with E-state index < -0.39 is 5.82 Å². The molecule has 1 amide bonds. The van der Waals surface area contributed by atoms with Crippen LogP contribution in [0.2, 0.25) is 5.02 Å². The number of nitrogens with one attached hydrogen (secondary N) is 2. The number of amides is 1. The van der Waals surface area contributed by atoms with Gasteiger partial charge in [0.25, 0.3) is 5.91 Å². The van der Waals surface area contributed by atoms with Crippen molar-refractivity contribution in [2.45, 2.75) is 25.8 Å². The zero-order valence-electron chi connectivity index (χ0n) is 13.1. The Morgan fingerprint density at radius 3 is 3.00 bits per heavy atom. The molecule has 1 fully saturated rings. The molecular formula is C15H18Cl2FN5O. The van der Waals surface area contributed by atoms with Gasteiger partial charge in [-0.05, 0) is 44.5 Å². The van der Waals surface area contributed by atoms with E-state index in [1.165, 1.54) is 22.9 Å². The van der Waals surface area contributed by atoms with E-state index in [0.29, 0.717) is 24.0 Å². The molecule has 0 bridgehead atoms. The second kappa shape index (κ2) is 7.92. The zero-order chi connectivity index (χ0) is 16.4. The van der Waals surface area contributed by atoms with Crippen LogP contribution in [0.15, 0.2) is 18.2 Å². The Morgan fingerprint density at radius 1 is 1.54 bits per heavy atom. The predicted molar refractivity (Wildman–Crippen MR) is 91.7 cm³/mol. The first-order valence-corrected chi connectivity index (χ1v) is 7.83. The van der Waals surface area contributed by atoms with Crippen LogP contribution in [0.4, 0.5) is 4.39 Å². The molecule has 0 radical (unpaired) electrons. The van der Waals surface area contributed by atoms with Crippen LogP contribution >= 0.6 is 24.0 Å². The van der Waals surface area contributed by atoms with Crippen molar-refractivity contribution in [1.29, 1.82) is 0 Å². The summed E-state index contributed by atoms with van der Waals surface area (Å²) in [4.78, 5) is 12.2. The Labute approximate surface area is 150 Å². The maximum atomic E-state index is 13.2. The maximum Gasteiger partial charge on any atom is 0.273 e. The van der Waals surface area contributed by atoms with Gasteiger partial charge in [-0.2, -0.15) is 0 Å². The Hall–Kier alpha value is -1.70. The summed E-state index contributed by atoms with van der Waals surface area (Å²) in [6.45, 7) is 3.29. The van der Waals surface area contributed by atoms with Crippen LogP contribution in [0.5, 0.6) is 0 Å². The molecular weight excluding hydrogens is 356 g/mol. The average molecular weight is 374 g/mol. The van der Waals surface area contributed by atoms with Crippen LogP contribution in [-0.2, 0) is 0 Å². The molecule has 3 rings (SSSR count). The van der Waals surface area contributed by atoms with Gasteiger partial charge in [0.2, 0.25) is 0 Å². The molecule has 1 aliphatic rings. The smallest absolute Gasteiger partial charge is 0.273 e. The predicted octanol–water partition coefficient (Wildman–Crippen LogP) is 2.27. The van der Waals surface area contributed by atoms with Crippen molar-refractivity contribution in [3.05, 3.63) is 40.4 Å². The number of hydrogen-bond acceptors (Lipinski definition) is 4. The summed E-state index contributed by atoms with van der Waals surface area (Å²) < 4.78 is 14.7. The summed E-state index contributed by atoms with van der Waals surface area (Å²) in [5.74, 6) is -0.772. The molecule has 1 saturated heterocycles. The van der Waals surface area contributed by atoms with E-state index in [1.807, 2.05) is 0 Å². The van der Waals surface area contributed by atoms with Gasteiger partial charge < -0.3 is 10.6 Å². The van der Waals surface area contributed by atoms with Crippen LogP contribution < -0.4 is 10.6 Å². The second-order valence-electron chi connectivity index (χ2n) is 5.54. The van der Waals surface area contributed by atoms with Gasteiger partial charge in [-0.1, -0.05) is 16.8 Å². The summed E-state index contributed by atoms with van der Waals surface area (Å²) in [6, 6.07) is 4.55. The van der Waals surface area contributed by atoms with Crippen molar-refractivity contribution in [2.24, 2.45) is 0 Å². The van der Waals surface area contributed by atoms with Crippen molar-refractivity contribution in [2.75, 3.05) is 13.1 Å². The molecule has 6 nitrogen and oxygen atoms in total. The SMILES string of the molecule is Cc1c(C(=O)NCC2CCCN2)nnn1-c1ccc(F)c(Cl)c1.Cl. The van der Waals surface area contributed by atoms with Crippen LogP contribution in [0.25, 0.3) is 5.69 Å². The zero-order valence-corrected chi connectivity index (χ0v) is 14.6. The standard InChI is InChI=1S/C15H17ClFN5O.ClH/c1-9-14(15(23)19-8-10-3-2-6-18-10)20-21-22(9)11-4-5-13(17)12(16)7-11;/h4-5,7,10,18H,2-3,6,8H2,1H3,(H,19,23);1H. The van der Waals surface area contributed by atoms with E-state index in [-0.39, 0.29) is 29.0 Å². The van der Waals surface area contributed by atoms with Gasteiger partial charge in [-0.15, -0.1) is 17.5 Å². The highest BCUT2D eigenvalue weighted by Gasteiger charge is 2.20. The van der Waals surface area contributed by atoms with Crippen LogP contribution in [0.1, 0.15) is 29.0 Å². The fraction of sp³-hybridized carbons (Fsp3) is 0.400. The van der Waals surface area contributed by atoms with Gasteiger partial charge in [0.1, 0.15) is 5.82 Å². The third kappa shape index (κ3) is 3.85. The minimum Gasteiger partial charge on any atom is -0.349 e. The highest BCUT2D eigenvalue weighted by molar-refractivity contribution is 6.30. The van der Waals surface area contributed by atoms with E-state index in [0.717, 1.165) is 19.4 Å². The maximum absolute atomic E-state index is 13.2. The normalized spacial score (nSPS) is 16.7. The summed E-state index contributed by atoms with van der Waals surface area (Å²) in [6.07, 6.45) is 2.18. The molecule has 1 aliphatic heterocycles. The minimum atomic E-state index is -0.504. The van der Waals surface area contributed by atoms with E-state index in [9.17, 15) is 9.18 Å². The van der Waals surface area contributed by atoms with E-state index in [1.54, 1.807) is 6.92 Å². The molecule has 24 heavy (non-hydrogen) atoms. The topological polar surface area (TPSA) is 71.8 Å². The van der Waals surface area contributed by atoms with Crippen molar-refractivity contribution in [3.8, 4) is 5.69 Å². The third-order valence-corrected chi connectivity index (χ3v) is 4.22. The second-order valence-corrected chi connectivity index (χ2v) is 5.94. The average Bonchev–Trinajstić information content (AvgIpc) is 3.17. The summed E-state index contributed by atoms with van der Waals surface area (Å²) in [5.41, 5.74) is 1.38. The molecule has 1 aromatic carbocycles. The molecule has 1 atom stereocenters. The van der Waals surface area contributed by atoms with Crippen molar-refractivity contribution < 1.29 is 9.18 Å².